The Morgan fingerprint density at radius 1 is 1.29 bits per heavy atom. The highest BCUT2D eigenvalue weighted by Gasteiger charge is 2.19. The van der Waals surface area contributed by atoms with E-state index in [4.69, 9.17) is 27.6 Å². The molecule has 6 heteroatoms. The van der Waals surface area contributed by atoms with Gasteiger partial charge in [0.25, 0.3) is 5.91 Å². The van der Waals surface area contributed by atoms with E-state index in [0.29, 0.717) is 20.0 Å². The van der Waals surface area contributed by atoms with E-state index in [9.17, 15) is 4.79 Å². The van der Waals surface area contributed by atoms with Crippen LogP contribution in [0.15, 0.2) is 40.8 Å². The summed E-state index contributed by atoms with van der Waals surface area (Å²) in [6.45, 7) is 1.86. The summed E-state index contributed by atoms with van der Waals surface area (Å²) in [5.74, 6) is 0.429. The number of amides is 1. The number of hydrogen-bond acceptors (Lipinski definition) is 3. The van der Waals surface area contributed by atoms with Gasteiger partial charge in [-0.25, -0.2) is 0 Å². The van der Waals surface area contributed by atoms with Crippen LogP contribution in [0.4, 0.5) is 0 Å². The molecule has 3 aromatic rings. The Kier molecular flexibility index (Phi) is 3.93. The minimum Gasteiger partial charge on any atom is -0.459 e. The molecule has 0 saturated carbocycles. The van der Waals surface area contributed by atoms with Crippen molar-refractivity contribution in [3.8, 4) is 0 Å². The lowest BCUT2D eigenvalue weighted by Crippen LogP contribution is -2.26. The molecular formula is C15H11Cl2NO2S. The number of furan rings is 1. The summed E-state index contributed by atoms with van der Waals surface area (Å²) < 4.78 is 6.60. The molecule has 0 aliphatic rings. The first-order chi connectivity index (χ1) is 10.0. The predicted octanol–water partition coefficient (Wildman–Crippen LogP) is 5.29. The minimum atomic E-state index is -0.267. The van der Waals surface area contributed by atoms with Crippen molar-refractivity contribution in [2.24, 2.45) is 0 Å². The second kappa shape index (κ2) is 5.72. The number of thiophene rings is 1. The number of para-hydroxylation sites is 1. The summed E-state index contributed by atoms with van der Waals surface area (Å²) in [6, 6.07) is 10.9. The molecule has 2 heterocycles. The van der Waals surface area contributed by atoms with Crippen LogP contribution in [0.1, 0.15) is 29.1 Å². The van der Waals surface area contributed by atoms with Crippen molar-refractivity contribution in [1.82, 2.24) is 5.32 Å². The standard InChI is InChI=1S/C15H11Cl2NO2S/c1-8(12-6-9-4-2-3-5-11(9)20-12)18-15(19)10-7-13(16)21-14(10)17/h2-8H,1H3,(H,18,19). The summed E-state index contributed by atoms with van der Waals surface area (Å²) in [5.41, 5.74) is 1.18. The molecule has 0 aliphatic carbocycles. The van der Waals surface area contributed by atoms with Gasteiger partial charge in [-0.3, -0.25) is 4.79 Å². The largest absolute Gasteiger partial charge is 0.459 e. The van der Waals surface area contributed by atoms with Gasteiger partial charge in [-0.1, -0.05) is 41.4 Å². The van der Waals surface area contributed by atoms with Gasteiger partial charge >= 0.3 is 0 Å². The highest BCUT2D eigenvalue weighted by atomic mass is 35.5. The summed E-state index contributed by atoms with van der Waals surface area (Å²) in [5, 5.41) is 3.86. The molecule has 2 aromatic heterocycles. The quantitative estimate of drug-likeness (QED) is 0.704. The predicted molar refractivity (Wildman–Crippen MR) is 86.4 cm³/mol. The summed E-state index contributed by atoms with van der Waals surface area (Å²) >= 11 is 13.0. The summed E-state index contributed by atoms with van der Waals surface area (Å²) in [4.78, 5) is 12.2. The van der Waals surface area contributed by atoms with Crippen molar-refractivity contribution in [3.63, 3.8) is 0 Å². The van der Waals surface area contributed by atoms with E-state index < -0.39 is 0 Å². The van der Waals surface area contributed by atoms with Crippen molar-refractivity contribution in [2.75, 3.05) is 0 Å². The Labute approximate surface area is 135 Å². The third-order valence-corrected chi connectivity index (χ3v) is 4.61. The average Bonchev–Trinajstić information content (AvgIpc) is 3.01. The lowest BCUT2D eigenvalue weighted by molar-refractivity contribution is 0.0936. The molecule has 0 spiro atoms. The fourth-order valence-corrected chi connectivity index (χ4v) is 3.51. The first kappa shape index (κ1) is 14.4. The number of halogens is 2. The highest BCUT2D eigenvalue weighted by Crippen LogP contribution is 2.31. The molecule has 0 aliphatic heterocycles. The number of rotatable bonds is 3. The zero-order valence-electron chi connectivity index (χ0n) is 11.0. The van der Waals surface area contributed by atoms with Gasteiger partial charge in [0.2, 0.25) is 0 Å². The third kappa shape index (κ3) is 2.93. The monoisotopic (exact) mass is 339 g/mol. The van der Waals surface area contributed by atoms with Crippen LogP contribution in [0, 0.1) is 0 Å². The Hall–Kier alpha value is -1.49. The molecule has 1 unspecified atom stereocenters. The Balaban J connectivity index is 1.81. The first-order valence-corrected chi connectivity index (χ1v) is 7.86. The van der Waals surface area contributed by atoms with Gasteiger partial charge in [-0.05, 0) is 25.1 Å². The van der Waals surface area contributed by atoms with E-state index in [1.165, 1.54) is 11.3 Å². The SMILES string of the molecule is CC(NC(=O)c1cc(Cl)sc1Cl)c1cc2ccccc2o1. The maximum absolute atomic E-state index is 12.2. The van der Waals surface area contributed by atoms with Crippen molar-refractivity contribution in [2.45, 2.75) is 13.0 Å². The van der Waals surface area contributed by atoms with Gasteiger partial charge in [0, 0.05) is 5.39 Å². The van der Waals surface area contributed by atoms with Gasteiger partial charge in [-0.2, -0.15) is 0 Å². The maximum atomic E-state index is 12.2. The third-order valence-electron chi connectivity index (χ3n) is 3.12. The normalized spacial score (nSPS) is 12.5. The molecule has 1 N–H and O–H groups in total. The van der Waals surface area contributed by atoms with Crippen LogP contribution in [0.2, 0.25) is 8.67 Å². The van der Waals surface area contributed by atoms with Gasteiger partial charge in [0.05, 0.1) is 15.9 Å². The second-order valence-electron chi connectivity index (χ2n) is 4.62. The maximum Gasteiger partial charge on any atom is 0.254 e. The molecule has 3 nitrogen and oxygen atoms in total. The van der Waals surface area contributed by atoms with Gasteiger partial charge in [-0.15, -0.1) is 11.3 Å². The molecule has 0 radical (unpaired) electrons. The second-order valence-corrected chi connectivity index (χ2v) is 6.91. The van der Waals surface area contributed by atoms with Gasteiger partial charge < -0.3 is 9.73 Å². The van der Waals surface area contributed by atoms with Crippen LogP contribution in [0.5, 0.6) is 0 Å². The molecular weight excluding hydrogens is 329 g/mol. The van der Waals surface area contributed by atoms with Crippen LogP contribution in [0.25, 0.3) is 11.0 Å². The smallest absolute Gasteiger partial charge is 0.254 e. The number of carbonyl (C=O) groups excluding carboxylic acids is 1. The highest BCUT2D eigenvalue weighted by molar-refractivity contribution is 7.20. The van der Waals surface area contributed by atoms with Gasteiger partial charge in [0.1, 0.15) is 15.7 Å². The fraction of sp³-hybridized carbons (Fsp3) is 0.133. The molecule has 0 fully saturated rings. The minimum absolute atomic E-state index is 0.264. The number of fused-ring (bicyclic) bond motifs is 1. The number of nitrogens with one attached hydrogen (secondary N) is 1. The van der Waals surface area contributed by atoms with Crippen LogP contribution >= 0.6 is 34.5 Å². The van der Waals surface area contributed by atoms with Gasteiger partial charge in [0.15, 0.2) is 0 Å². The Bertz CT molecular complexity index is 776. The van der Waals surface area contributed by atoms with Crippen molar-refractivity contribution < 1.29 is 9.21 Å². The first-order valence-electron chi connectivity index (χ1n) is 6.29. The summed E-state index contributed by atoms with van der Waals surface area (Å²) in [6.07, 6.45) is 0. The summed E-state index contributed by atoms with van der Waals surface area (Å²) in [7, 11) is 0. The topological polar surface area (TPSA) is 42.2 Å². The molecule has 1 atom stereocenters. The zero-order valence-corrected chi connectivity index (χ0v) is 13.4. The van der Waals surface area contributed by atoms with Crippen molar-refractivity contribution in [3.05, 3.63) is 56.4 Å². The van der Waals surface area contributed by atoms with E-state index in [2.05, 4.69) is 5.32 Å². The molecule has 0 bridgehead atoms. The number of carbonyl (C=O) groups is 1. The molecule has 1 amide bonds. The van der Waals surface area contributed by atoms with E-state index >= 15 is 0 Å². The number of hydrogen-bond donors (Lipinski definition) is 1. The van der Waals surface area contributed by atoms with E-state index in [-0.39, 0.29) is 11.9 Å². The average molecular weight is 340 g/mol. The molecule has 0 saturated heterocycles. The van der Waals surface area contributed by atoms with E-state index in [1.54, 1.807) is 6.07 Å². The lowest BCUT2D eigenvalue weighted by atomic mass is 10.2. The van der Waals surface area contributed by atoms with E-state index in [1.807, 2.05) is 37.3 Å². The zero-order chi connectivity index (χ0) is 15.0. The fourth-order valence-electron chi connectivity index (χ4n) is 2.06. The lowest BCUT2D eigenvalue weighted by Gasteiger charge is -2.10. The van der Waals surface area contributed by atoms with Crippen LogP contribution in [-0.4, -0.2) is 5.91 Å². The van der Waals surface area contributed by atoms with Crippen LogP contribution < -0.4 is 5.32 Å². The number of benzene rings is 1. The van der Waals surface area contributed by atoms with Crippen LogP contribution in [-0.2, 0) is 0 Å². The van der Waals surface area contributed by atoms with Crippen molar-refractivity contribution >= 4 is 51.4 Å². The molecule has 3 rings (SSSR count). The Morgan fingerprint density at radius 3 is 2.71 bits per heavy atom. The Morgan fingerprint density at radius 2 is 2.05 bits per heavy atom. The van der Waals surface area contributed by atoms with Crippen molar-refractivity contribution in [1.29, 1.82) is 0 Å². The van der Waals surface area contributed by atoms with E-state index in [0.717, 1.165) is 11.0 Å². The molecule has 108 valence electrons. The molecule has 21 heavy (non-hydrogen) atoms. The molecule has 1 aromatic carbocycles. The van der Waals surface area contributed by atoms with Crippen LogP contribution in [0.3, 0.4) is 0 Å².